The third-order valence-electron chi connectivity index (χ3n) is 2.85. The number of alkyl halides is 2. The van der Waals surface area contributed by atoms with Gasteiger partial charge in [0.25, 0.3) is 10.0 Å². The van der Waals surface area contributed by atoms with Crippen LogP contribution in [-0.4, -0.2) is 22.6 Å². The molecule has 1 N–H and O–H groups in total. The van der Waals surface area contributed by atoms with Gasteiger partial charge in [-0.2, -0.15) is 8.78 Å². The standard InChI is InChI=1S/C13H9F4NO4S2/c14-8-1-6-11(15)12(7-8)24(21,22)18-9-2-4-10(5-3-9)23(19,20)13(16)17/h1-7,13,18H. The normalized spacial score (nSPS) is 12.4. The zero-order chi connectivity index (χ0) is 18.1. The van der Waals surface area contributed by atoms with Gasteiger partial charge < -0.3 is 0 Å². The second-order valence-electron chi connectivity index (χ2n) is 4.51. The van der Waals surface area contributed by atoms with E-state index >= 15 is 0 Å². The Bertz CT molecular complexity index is 958. The Morgan fingerprint density at radius 1 is 0.875 bits per heavy atom. The minimum atomic E-state index is -4.82. The van der Waals surface area contributed by atoms with Gasteiger partial charge in [-0.15, -0.1) is 0 Å². The Hall–Kier alpha value is -2.14. The molecule has 0 radical (unpaired) electrons. The number of nitrogens with one attached hydrogen (secondary N) is 1. The van der Waals surface area contributed by atoms with E-state index in [2.05, 4.69) is 0 Å². The van der Waals surface area contributed by atoms with Gasteiger partial charge in [-0.1, -0.05) is 0 Å². The Kier molecular flexibility index (Phi) is 4.85. The molecule has 0 saturated heterocycles. The van der Waals surface area contributed by atoms with Crippen molar-refractivity contribution in [3.05, 3.63) is 54.1 Å². The summed E-state index contributed by atoms with van der Waals surface area (Å²) in [7, 11) is -9.32. The molecule has 0 bridgehead atoms. The highest BCUT2D eigenvalue weighted by molar-refractivity contribution is 7.92. The molecule has 2 aromatic carbocycles. The number of anilines is 1. The lowest BCUT2D eigenvalue weighted by Gasteiger charge is -2.10. The second kappa shape index (κ2) is 6.40. The molecule has 0 amide bonds. The summed E-state index contributed by atoms with van der Waals surface area (Å²) in [5.41, 5.74) is -0.216. The summed E-state index contributed by atoms with van der Waals surface area (Å²) in [6, 6.07) is 5.17. The molecule has 130 valence electrons. The molecule has 11 heteroatoms. The number of sulfone groups is 1. The van der Waals surface area contributed by atoms with E-state index in [0.29, 0.717) is 12.1 Å². The zero-order valence-electron chi connectivity index (χ0n) is 11.6. The third-order valence-corrected chi connectivity index (χ3v) is 5.65. The minimum Gasteiger partial charge on any atom is -0.280 e. The quantitative estimate of drug-likeness (QED) is 0.806. The van der Waals surface area contributed by atoms with Gasteiger partial charge in [-0.25, -0.2) is 25.6 Å². The Balaban J connectivity index is 2.33. The van der Waals surface area contributed by atoms with Crippen molar-refractivity contribution < 1.29 is 34.4 Å². The lowest BCUT2D eigenvalue weighted by atomic mass is 10.3. The van der Waals surface area contributed by atoms with Crippen LogP contribution in [0.25, 0.3) is 0 Å². The van der Waals surface area contributed by atoms with Crippen LogP contribution >= 0.6 is 0 Å². The molecule has 2 aromatic rings. The molecular weight excluding hydrogens is 374 g/mol. The number of hydrogen-bond acceptors (Lipinski definition) is 4. The van der Waals surface area contributed by atoms with Crippen LogP contribution in [0, 0.1) is 11.6 Å². The van der Waals surface area contributed by atoms with Gasteiger partial charge in [0.05, 0.1) is 4.90 Å². The SMILES string of the molecule is O=S(=O)(Nc1ccc(S(=O)(=O)C(F)F)cc1)c1cc(F)ccc1F. The first-order valence-electron chi connectivity index (χ1n) is 6.14. The summed E-state index contributed by atoms with van der Waals surface area (Å²) in [4.78, 5) is -1.66. The molecule has 0 aromatic heterocycles. The molecule has 0 saturated carbocycles. The number of rotatable bonds is 5. The van der Waals surface area contributed by atoms with E-state index in [9.17, 15) is 34.4 Å². The van der Waals surface area contributed by atoms with Crippen molar-refractivity contribution >= 4 is 25.5 Å². The fourth-order valence-electron chi connectivity index (χ4n) is 1.71. The number of hydrogen-bond donors (Lipinski definition) is 1. The molecule has 0 unspecified atom stereocenters. The van der Waals surface area contributed by atoms with E-state index in [1.165, 1.54) is 0 Å². The van der Waals surface area contributed by atoms with Crippen molar-refractivity contribution in [3.63, 3.8) is 0 Å². The van der Waals surface area contributed by atoms with Gasteiger partial charge >= 0.3 is 5.76 Å². The smallest absolute Gasteiger partial charge is 0.280 e. The van der Waals surface area contributed by atoms with Crippen LogP contribution < -0.4 is 4.72 Å². The summed E-state index contributed by atoms with van der Waals surface area (Å²) >= 11 is 0. The number of halogens is 4. The first-order valence-corrected chi connectivity index (χ1v) is 9.17. The van der Waals surface area contributed by atoms with Gasteiger partial charge in [0.15, 0.2) is 0 Å². The molecular formula is C13H9F4NO4S2. The Labute approximate surface area is 134 Å². The summed E-state index contributed by atoms with van der Waals surface area (Å²) < 4.78 is 99.8. The van der Waals surface area contributed by atoms with E-state index in [1.807, 2.05) is 4.72 Å². The Morgan fingerprint density at radius 3 is 2.00 bits per heavy atom. The molecule has 24 heavy (non-hydrogen) atoms. The van der Waals surface area contributed by atoms with Crippen molar-refractivity contribution in [2.24, 2.45) is 0 Å². The molecule has 0 fully saturated rings. The minimum absolute atomic E-state index is 0.216. The van der Waals surface area contributed by atoms with Crippen molar-refractivity contribution in [1.29, 1.82) is 0 Å². The highest BCUT2D eigenvalue weighted by Crippen LogP contribution is 2.23. The molecule has 0 heterocycles. The fraction of sp³-hybridized carbons (Fsp3) is 0.0769. The lowest BCUT2D eigenvalue weighted by molar-refractivity contribution is 0.234. The van der Waals surface area contributed by atoms with Crippen molar-refractivity contribution in [2.45, 2.75) is 15.5 Å². The second-order valence-corrected chi connectivity index (χ2v) is 8.08. The number of benzene rings is 2. The van der Waals surface area contributed by atoms with Crippen LogP contribution in [0.4, 0.5) is 23.2 Å². The summed E-state index contributed by atoms with van der Waals surface area (Å²) in [6.45, 7) is 0. The maximum absolute atomic E-state index is 13.5. The van der Waals surface area contributed by atoms with Crippen LogP contribution in [-0.2, 0) is 19.9 Å². The largest absolute Gasteiger partial charge is 0.341 e. The predicted molar refractivity (Wildman–Crippen MR) is 76.8 cm³/mol. The monoisotopic (exact) mass is 383 g/mol. The van der Waals surface area contributed by atoms with Crippen molar-refractivity contribution in [3.8, 4) is 0 Å². The van der Waals surface area contributed by atoms with Gasteiger partial charge in [-0.3, -0.25) is 4.72 Å². The first kappa shape index (κ1) is 18.2. The van der Waals surface area contributed by atoms with Gasteiger partial charge in [0.2, 0.25) is 9.84 Å². The number of sulfonamides is 1. The predicted octanol–water partition coefficient (Wildman–Crippen LogP) is 2.76. The van der Waals surface area contributed by atoms with Crippen LogP contribution in [0.3, 0.4) is 0 Å². The first-order chi connectivity index (χ1) is 11.0. The average molecular weight is 383 g/mol. The average Bonchev–Trinajstić information content (AvgIpc) is 2.49. The zero-order valence-corrected chi connectivity index (χ0v) is 13.2. The fourth-order valence-corrected chi connectivity index (χ4v) is 3.58. The third kappa shape index (κ3) is 3.67. The molecule has 5 nitrogen and oxygen atoms in total. The summed E-state index contributed by atoms with van der Waals surface area (Å²) in [5.74, 6) is -5.79. The lowest BCUT2D eigenvalue weighted by Crippen LogP contribution is -2.15. The molecule has 0 atom stereocenters. The van der Waals surface area contributed by atoms with Crippen molar-refractivity contribution in [2.75, 3.05) is 4.72 Å². The van der Waals surface area contributed by atoms with E-state index in [4.69, 9.17) is 0 Å². The Morgan fingerprint density at radius 2 is 1.46 bits per heavy atom. The van der Waals surface area contributed by atoms with Crippen LogP contribution in [0.15, 0.2) is 52.3 Å². The molecule has 0 aliphatic carbocycles. The summed E-state index contributed by atoms with van der Waals surface area (Å²) in [6.07, 6.45) is 0. The van der Waals surface area contributed by atoms with Crippen LogP contribution in [0.1, 0.15) is 0 Å². The van der Waals surface area contributed by atoms with Gasteiger partial charge in [0, 0.05) is 5.69 Å². The van der Waals surface area contributed by atoms with Gasteiger partial charge in [0.1, 0.15) is 16.5 Å². The van der Waals surface area contributed by atoms with Crippen LogP contribution in [0.5, 0.6) is 0 Å². The molecule has 2 rings (SSSR count). The molecule has 0 spiro atoms. The van der Waals surface area contributed by atoms with E-state index in [1.54, 1.807) is 0 Å². The van der Waals surface area contributed by atoms with E-state index < -0.39 is 47.0 Å². The summed E-state index contributed by atoms with van der Waals surface area (Å²) in [5, 5.41) is 0. The van der Waals surface area contributed by atoms with E-state index in [0.717, 1.165) is 30.3 Å². The molecule has 0 aliphatic rings. The van der Waals surface area contributed by atoms with Crippen molar-refractivity contribution in [1.82, 2.24) is 0 Å². The van der Waals surface area contributed by atoms with Crippen LogP contribution in [0.2, 0.25) is 0 Å². The highest BCUT2D eigenvalue weighted by atomic mass is 32.2. The maximum Gasteiger partial charge on any atom is 0.341 e. The van der Waals surface area contributed by atoms with E-state index in [-0.39, 0.29) is 5.69 Å². The van der Waals surface area contributed by atoms with Gasteiger partial charge in [-0.05, 0) is 42.5 Å². The molecule has 0 aliphatic heterocycles. The highest BCUT2D eigenvalue weighted by Gasteiger charge is 2.26. The maximum atomic E-state index is 13.5. The topological polar surface area (TPSA) is 80.3 Å².